The monoisotopic (exact) mass is 389 g/mol. The van der Waals surface area contributed by atoms with Gasteiger partial charge < -0.3 is 10.2 Å². The van der Waals surface area contributed by atoms with Crippen LogP contribution in [0.2, 0.25) is 0 Å². The third-order valence-electron chi connectivity index (χ3n) is 2.59. The number of amides is 1. The molecule has 0 unspecified atom stereocenters. The molecule has 0 aliphatic carbocycles. The Morgan fingerprint density at radius 3 is 2.70 bits per heavy atom. The van der Waals surface area contributed by atoms with Crippen molar-refractivity contribution in [1.82, 2.24) is 10.5 Å². The first-order chi connectivity index (χ1) is 10.9. The molecule has 1 aromatic heterocycles. The molecule has 0 aliphatic heterocycles. The zero-order chi connectivity index (χ0) is 16.9. The minimum Gasteiger partial charge on any atom is -0.407 e. The molecule has 2 rings (SSSR count). The molecule has 0 fully saturated rings. The Bertz CT molecular complexity index is 695. The third-order valence-corrected chi connectivity index (χ3v) is 3.24. The second kappa shape index (κ2) is 7.42. The first-order valence-corrected chi connectivity index (χ1v) is 7.13. The summed E-state index contributed by atoms with van der Waals surface area (Å²) in [5.74, 6) is -0.0834. The first-order valence-electron chi connectivity index (χ1n) is 6.33. The fourth-order valence-electron chi connectivity index (χ4n) is 1.58. The van der Waals surface area contributed by atoms with E-state index in [-0.39, 0.29) is 12.2 Å². The highest BCUT2D eigenvalue weighted by Crippen LogP contribution is 2.28. The van der Waals surface area contributed by atoms with E-state index in [1.54, 1.807) is 24.3 Å². The lowest BCUT2D eigenvalue weighted by atomic mass is 10.3. The lowest BCUT2D eigenvalue weighted by molar-refractivity contribution is -0.141. The average molecular weight is 390 g/mol. The Kier molecular flexibility index (Phi) is 5.56. The number of rotatable bonds is 5. The van der Waals surface area contributed by atoms with Crippen LogP contribution in [0, 0.1) is 0 Å². The van der Waals surface area contributed by atoms with Crippen molar-refractivity contribution in [1.29, 1.82) is 0 Å². The molecule has 0 saturated heterocycles. The van der Waals surface area contributed by atoms with Crippen molar-refractivity contribution in [2.75, 3.05) is 11.9 Å². The highest BCUT2D eigenvalue weighted by Gasteiger charge is 2.32. The zero-order valence-electron chi connectivity index (χ0n) is 11.5. The molecule has 23 heavy (non-hydrogen) atoms. The second-order valence-electron chi connectivity index (χ2n) is 4.33. The topological polar surface area (TPSA) is 63.2 Å². The van der Waals surface area contributed by atoms with Crippen molar-refractivity contribution in [3.05, 3.63) is 52.8 Å². The number of hydrogen-bond donors (Lipinski definition) is 2. The number of aromatic nitrogens is 1. The third kappa shape index (κ3) is 5.22. The normalized spacial score (nSPS) is 11.1. The lowest BCUT2D eigenvalue weighted by Crippen LogP contribution is -2.30. The Morgan fingerprint density at radius 2 is 2.00 bits per heavy atom. The van der Waals surface area contributed by atoms with Gasteiger partial charge in [-0.15, -0.1) is 5.48 Å². The van der Waals surface area contributed by atoms with E-state index < -0.39 is 17.8 Å². The van der Waals surface area contributed by atoms with E-state index in [1.807, 2.05) is 0 Å². The van der Waals surface area contributed by atoms with E-state index in [9.17, 15) is 18.0 Å². The van der Waals surface area contributed by atoms with Gasteiger partial charge in [-0.2, -0.15) is 13.2 Å². The highest BCUT2D eigenvalue weighted by atomic mass is 79.9. The van der Waals surface area contributed by atoms with Crippen LogP contribution in [-0.2, 0) is 11.0 Å². The van der Waals surface area contributed by atoms with Gasteiger partial charge in [0.25, 0.3) is 0 Å². The van der Waals surface area contributed by atoms with Crippen LogP contribution in [0.1, 0.15) is 5.69 Å². The number of hydrogen-bond acceptors (Lipinski definition) is 4. The number of pyridine rings is 1. The molecule has 2 N–H and O–H groups in total. The van der Waals surface area contributed by atoms with E-state index in [0.29, 0.717) is 10.2 Å². The van der Waals surface area contributed by atoms with Crippen LogP contribution < -0.4 is 15.6 Å². The summed E-state index contributed by atoms with van der Waals surface area (Å²) in [6, 6.07) is 9.00. The number of anilines is 1. The zero-order valence-corrected chi connectivity index (χ0v) is 13.1. The van der Waals surface area contributed by atoms with Gasteiger partial charge in [-0.25, -0.2) is 0 Å². The number of benzene rings is 1. The van der Waals surface area contributed by atoms with Crippen LogP contribution in [0.25, 0.3) is 0 Å². The molecule has 122 valence electrons. The molecule has 0 saturated carbocycles. The van der Waals surface area contributed by atoms with Crippen LogP contribution in [0.3, 0.4) is 0 Å². The van der Waals surface area contributed by atoms with Gasteiger partial charge in [0, 0.05) is 11.9 Å². The molecule has 1 aromatic carbocycles. The van der Waals surface area contributed by atoms with Crippen molar-refractivity contribution < 1.29 is 22.8 Å². The molecule has 9 heteroatoms. The molecule has 0 bridgehead atoms. The highest BCUT2D eigenvalue weighted by molar-refractivity contribution is 9.10. The maximum Gasteiger partial charge on any atom is 0.433 e. The van der Waals surface area contributed by atoms with Gasteiger partial charge >= 0.3 is 6.18 Å². The molecule has 2 aromatic rings. The van der Waals surface area contributed by atoms with Gasteiger partial charge in [-0.3, -0.25) is 9.78 Å². The van der Waals surface area contributed by atoms with Gasteiger partial charge in [0.05, 0.1) is 4.47 Å². The van der Waals surface area contributed by atoms with E-state index in [0.717, 1.165) is 12.3 Å². The summed E-state index contributed by atoms with van der Waals surface area (Å²) in [5, 5.41) is 2.32. The standard InChI is InChI=1S/C14H11BrF3N3O2/c15-10-3-1-2-4-11(10)23-20-8-13(22)21-9-5-6-19-12(7-9)14(16,17)18/h1-7,20H,8H2,(H,19,21,22). The predicted molar refractivity (Wildman–Crippen MR) is 80.6 cm³/mol. The van der Waals surface area contributed by atoms with Gasteiger partial charge in [0.2, 0.25) is 5.91 Å². The van der Waals surface area contributed by atoms with Crippen LogP contribution in [0.5, 0.6) is 5.75 Å². The van der Waals surface area contributed by atoms with E-state index in [1.165, 1.54) is 6.07 Å². The molecular formula is C14H11BrF3N3O2. The van der Waals surface area contributed by atoms with Crippen molar-refractivity contribution in [2.24, 2.45) is 0 Å². The summed E-state index contributed by atoms with van der Waals surface area (Å²) in [6.07, 6.45) is -3.59. The first kappa shape index (κ1) is 17.2. The number of para-hydroxylation sites is 1. The van der Waals surface area contributed by atoms with Gasteiger partial charge in [-0.1, -0.05) is 12.1 Å². The predicted octanol–water partition coefficient (Wildman–Crippen LogP) is 3.39. The van der Waals surface area contributed by atoms with Gasteiger partial charge in [0.1, 0.15) is 12.2 Å². The van der Waals surface area contributed by atoms with Gasteiger partial charge in [-0.05, 0) is 40.2 Å². The quantitative estimate of drug-likeness (QED) is 0.769. The molecule has 1 amide bonds. The summed E-state index contributed by atoms with van der Waals surface area (Å²) < 4.78 is 38.3. The van der Waals surface area contributed by atoms with E-state index >= 15 is 0 Å². The van der Waals surface area contributed by atoms with Crippen molar-refractivity contribution in [3.8, 4) is 5.75 Å². The number of carbonyl (C=O) groups excluding carboxylic acids is 1. The average Bonchev–Trinajstić information content (AvgIpc) is 2.48. The molecule has 0 spiro atoms. The summed E-state index contributed by atoms with van der Waals surface area (Å²) in [7, 11) is 0. The minimum absolute atomic E-state index is 0.0000154. The smallest absolute Gasteiger partial charge is 0.407 e. The van der Waals surface area contributed by atoms with Crippen molar-refractivity contribution >= 4 is 27.5 Å². The minimum atomic E-state index is -4.57. The Labute approximate surface area is 137 Å². The molecule has 1 heterocycles. The van der Waals surface area contributed by atoms with Gasteiger partial charge in [0.15, 0.2) is 5.75 Å². The van der Waals surface area contributed by atoms with Crippen LogP contribution in [-0.4, -0.2) is 17.4 Å². The van der Waals surface area contributed by atoms with E-state index in [4.69, 9.17) is 4.84 Å². The Morgan fingerprint density at radius 1 is 1.26 bits per heavy atom. The SMILES string of the molecule is O=C(CNOc1ccccc1Br)Nc1ccnc(C(F)(F)F)c1. The molecule has 0 radical (unpaired) electrons. The van der Waals surface area contributed by atoms with E-state index in [2.05, 4.69) is 31.7 Å². The maximum atomic E-state index is 12.5. The number of alkyl halides is 3. The fourth-order valence-corrected chi connectivity index (χ4v) is 1.94. The molecule has 0 aliphatic rings. The number of hydroxylamine groups is 1. The number of halogens is 4. The number of nitrogens with one attached hydrogen (secondary N) is 2. The molecule has 5 nitrogen and oxygen atoms in total. The molecule has 0 atom stereocenters. The number of nitrogens with zero attached hydrogens (tertiary/aromatic N) is 1. The fraction of sp³-hybridized carbons (Fsp3) is 0.143. The summed E-state index contributed by atoms with van der Waals surface area (Å²) in [4.78, 5) is 20.1. The summed E-state index contributed by atoms with van der Waals surface area (Å²) in [5.41, 5.74) is 1.35. The second-order valence-corrected chi connectivity index (χ2v) is 5.18. The number of carbonyl (C=O) groups is 1. The van der Waals surface area contributed by atoms with Crippen molar-refractivity contribution in [2.45, 2.75) is 6.18 Å². The summed E-state index contributed by atoms with van der Waals surface area (Å²) in [6.45, 7) is -0.245. The van der Waals surface area contributed by atoms with Crippen molar-refractivity contribution in [3.63, 3.8) is 0 Å². The van der Waals surface area contributed by atoms with Crippen LogP contribution in [0.15, 0.2) is 47.1 Å². The maximum absolute atomic E-state index is 12.5. The molecular weight excluding hydrogens is 379 g/mol. The van der Waals surface area contributed by atoms with Crippen LogP contribution >= 0.6 is 15.9 Å². The Hall–Kier alpha value is -2.13. The van der Waals surface area contributed by atoms with Crippen LogP contribution in [0.4, 0.5) is 18.9 Å². The summed E-state index contributed by atoms with van der Waals surface area (Å²) >= 11 is 3.26. The lowest BCUT2D eigenvalue weighted by Gasteiger charge is -2.10. The Balaban J connectivity index is 1.87. The largest absolute Gasteiger partial charge is 0.433 e.